The minimum absolute atomic E-state index is 0.0605. The molecular formula is C17H17F3NO3S-. The number of halogens is 3. The van der Waals surface area contributed by atoms with Gasteiger partial charge in [0.1, 0.15) is 5.75 Å². The van der Waals surface area contributed by atoms with E-state index >= 15 is 0 Å². The largest absolute Gasteiger partial charge is 0.543 e. The van der Waals surface area contributed by atoms with E-state index in [0.29, 0.717) is 22.9 Å². The van der Waals surface area contributed by atoms with E-state index < -0.39 is 17.7 Å². The quantitative estimate of drug-likeness (QED) is 0.663. The van der Waals surface area contributed by atoms with Gasteiger partial charge in [0.05, 0.1) is 28.8 Å². The van der Waals surface area contributed by atoms with Crippen LogP contribution in [0.15, 0.2) is 23.6 Å². The second kappa shape index (κ2) is 8.33. The molecule has 8 heteroatoms. The zero-order chi connectivity index (χ0) is 18.4. The molecular weight excluding hydrogens is 355 g/mol. The van der Waals surface area contributed by atoms with Gasteiger partial charge in [0.25, 0.3) is 0 Å². The van der Waals surface area contributed by atoms with Crippen molar-refractivity contribution in [3.63, 3.8) is 0 Å². The summed E-state index contributed by atoms with van der Waals surface area (Å²) in [5, 5.41) is 12.5. The maximum Gasteiger partial charge on any atom is 0.416 e. The minimum atomic E-state index is -4.46. The number of thiazole rings is 1. The minimum Gasteiger partial charge on any atom is -0.543 e. The lowest BCUT2D eigenvalue weighted by Gasteiger charge is -2.14. The summed E-state index contributed by atoms with van der Waals surface area (Å²) < 4.78 is 44.5. The SMILES string of the molecule is CCCCCOc1ccc(C(F)(F)F)cc1Cc1nc(C(=O)[O-])cs1. The van der Waals surface area contributed by atoms with E-state index in [4.69, 9.17) is 4.74 Å². The van der Waals surface area contributed by atoms with Crippen LogP contribution in [0, 0.1) is 0 Å². The van der Waals surface area contributed by atoms with Crippen LogP contribution < -0.4 is 9.84 Å². The fourth-order valence-corrected chi connectivity index (χ4v) is 3.00. The van der Waals surface area contributed by atoms with Gasteiger partial charge in [0.2, 0.25) is 0 Å². The molecule has 0 saturated heterocycles. The van der Waals surface area contributed by atoms with Gasteiger partial charge >= 0.3 is 6.18 Å². The number of carbonyl (C=O) groups excluding carboxylic acids is 1. The number of nitrogens with zero attached hydrogens (tertiary/aromatic N) is 1. The highest BCUT2D eigenvalue weighted by Gasteiger charge is 2.31. The van der Waals surface area contributed by atoms with E-state index in [1.54, 1.807) is 0 Å². The van der Waals surface area contributed by atoms with Gasteiger partial charge in [0.15, 0.2) is 0 Å². The number of carboxylic acid groups (broad SMARTS) is 1. The van der Waals surface area contributed by atoms with Crippen molar-refractivity contribution in [2.45, 2.75) is 38.8 Å². The molecule has 0 aliphatic carbocycles. The maximum atomic E-state index is 13.0. The molecule has 0 saturated carbocycles. The Balaban J connectivity index is 2.24. The number of carbonyl (C=O) groups is 1. The topological polar surface area (TPSA) is 62.2 Å². The van der Waals surface area contributed by atoms with Gasteiger partial charge in [-0.1, -0.05) is 19.8 Å². The molecule has 0 radical (unpaired) electrons. The number of aromatic carboxylic acids is 1. The van der Waals surface area contributed by atoms with Crippen LogP contribution in [0.4, 0.5) is 13.2 Å². The molecule has 1 aromatic carbocycles. The van der Waals surface area contributed by atoms with Gasteiger partial charge in [-0.3, -0.25) is 0 Å². The Morgan fingerprint density at radius 2 is 2.08 bits per heavy atom. The molecule has 0 aliphatic rings. The Labute approximate surface area is 147 Å². The predicted molar refractivity (Wildman–Crippen MR) is 85.7 cm³/mol. The molecule has 1 aromatic heterocycles. The lowest BCUT2D eigenvalue weighted by atomic mass is 10.1. The Morgan fingerprint density at radius 1 is 1.32 bits per heavy atom. The van der Waals surface area contributed by atoms with Crippen molar-refractivity contribution in [1.29, 1.82) is 0 Å². The Kier molecular flexibility index (Phi) is 6.41. The van der Waals surface area contributed by atoms with Gasteiger partial charge in [0, 0.05) is 17.4 Å². The Hall–Kier alpha value is -2.09. The fraction of sp³-hybridized carbons (Fsp3) is 0.412. The summed E-state index contributed by atoms with van der Waals surface area (Å²) in [5.74, 6) is -1.06. The van der Waals surface area contributed by atoms with Gasteiger partial charge in [-0.2, -0.15) is 13.2 Å². The van der Waals surface area contributed by atoms with Crippen molar-refractivity contribution in [3.05, 3.63) is 45.4 Å². The van der Waals surface area contributed by atoms with E-state index in [1.165, 1.54) is 11.4 Å². The van der Waals surface area contributed by atoms with E-state index in [-0.39, 0.29) is 12.1 Å². The van der Waals surface area contributed by atoms with Crippen LogP contribution >= 0.6 is 11.3 Å². The van der Waals surface area contributed by atoms with E-state index in [9.17, 15) is 23.1 Å². The van der Waals surface area contributed by atoms with Crippen molar-refractivity contribution in [2.75, 3.05) is 6.61 Å². The first-order chi connectivity index (χ1) is 11.8. The maximum absolute atomic E-state index is 13.0. The summed E-state index contributed by atoms with van der Waals surface area (Å²) in [6, 6.07) is 3.31. The lowest BCUT2D eigenvalue weighted by molar-refractivity contribution is -0.255. The molecule has 25 heavy (non-hydrogen) atoms. The molecule has 0 unspecified atom stereocenters. The van der Waals surface area contributed by atoms with E-state index in [0.717, 1.165) is 42.7 Å². The third-order valence-corrected chi connectivity index (χ3v) is 4.34. The number of carboxylic acids is 1. The van der Waals surface area contributed by atoms with Gasteiger partial charge in [-0.05, 0) is 24.6 Å². The zero-order valence-electron chi connectivity index (χ0n) is 13.6. The van der Waals surface area contributed by atoms with E-state index in [2.05, 4.69) is 4.98 Å². The standard InChI is InChI=1S/C17H18F3NO3S/c1-2-3-4-7-24-14-6-5-12(17(18,19)20)8-11(14)9-15-21-13(10-25-15)16(22)23/h5-6,8,10H,2-4,7,9H2,1H3,(H,22,23)/p-1. The highest BCUT2D eigenvalue weighted by atomic mass is 32.1. The van der Waals surface area contributed by atoms with Crippen molar-refractivity contribution in [2.24, 2.45) is 0 Å². The third-order valence-electron chi connectivity index (χ3n) is 3.50. The number of hydrogen-bond donors (Lipinski definition) is 0. The molecule has 0 aliphatic heterocycles. The molecule has 0 bridgehead atoms. The highest BCUT2D eigenvalue weighted by molar-refractivity contribution is 7.09. The number of rotatable bonds is 8. The summed E-state index contributed by atoms with van der Waals surface area (Å²) in [7, 11) is 0. The summed E-state index contributed by atoms with van der Waals surface area (Å²) >= 11 is 1.06. The fourth-order valence-electron chi connectivity index (χ4n) is 2.22. The van der Waals surface area contributed by atoms with Crippen LogP contribution in [-0.2, 0) is 12.6 Å². The summed E-state index contributed by atoms with van der Waals surface area (Å²) in [5.41, 5.74) is -0.678. The first kappa shape index (κ1) is 19.2. The molecule has 0 amide bonds. The van der Waals surface area contributed by atoms with Crippen LogP contribution in [0.5, 0.6) is 5.75 Å². The number of alkyl halides is 3. The number of hydrogen-bond acceptors (Lipinski definition) is 5. The second-order valence-electron chi connectivity index (χ2n) is 5.47. The van der Waals surface area contributed by atoms with Crippen LogP contribution in [0.25, 0.3) is 0 Å². The molecule has 136 valence electrons. The van der Waals surface area contributed by atoms with Crippen molar-refractivity contribution >= 4 is 17.3 Å². The Morgan fingerprint density at radius 3 is 2.68 bits per heavy atom. The van der Waals surface area contributed by atoms with Gasteiger partial charge in [-0.25, -0.2) is 4.98 Å². The molecule has 2 aromatic rings. The number of unbranched alkanes of at least 4 members (excludes halogenated alkanes) is 2. The molecule has 0 N–H and O–H groups in total. The van der Waals surface area contributed by atoms with Crippen LogP contribution in [-0.4, -0.2) is 17.6 Å². The summed E-state index contributed by atoms with van der Waals surface area (Å²) in [6.07, 6.45) is -1.62. The van der Waals surface area contributed by atoms with Crippen molar-refractivity contribution in [1.82, 2.24) is 4.98 Å². The van der Waals surface area contributed by atoms with E-state index in [1.807, 2.05) is 6.92 Å². The summed E-state index contributed by atoms with van der Waals surface area (Å²) in [6.45, 7) is 2.45. The van der Waals surface area contributed by atoms with Crippen LogP contribution in [0.3, 0.4) is 0 Å². The second-order valence-corrected chi connectivity index (χ2v) is 6.41. The van der Waals surface area contributed by atoms with Crippen LogP contribution in [0.2, 0.25) is 0 Å². The van der Waals surface area contributed by atoms with Gasteiger partial charge in [-0.15, -0.1) is 11.3 Å². The lowest BCUT2D eigenvalue weighted by Crippen LogP contribution is -2.22. The average Bonchev–Trinajstić information content (AvgIpc) is 3.00. The smallest absolute Gasteiger partial charge is 0.416 e. The molecule has 1 heterocycles. The monoisotopic (exact) mass is 372 g/mol. The number of ether oxygens (including phenoxy) is 1. The molecule has 0 fully saturated rings. The van der Waals surface area contributed by atoms with Crippen LogP contribution in [0.1, 0.15) is 52.8 Å². The molecule has 0 spiro atoms. The molecule has 0 atom stereocenters. The molecule has 4 nitrogen and oxygen atoms in total. The summed E-state index contributed by atoms with van der Waals surface area (Å²) in [4.78, 5) is 14.6. The predicted octanol–water partition coefficient (Wildman–Crippen LogP) is 3.69. The number of benzene rings is 1. The average molecular weight is 372 g/mol. The molecule has 2 rings (SSSR count). The van der Waals surface area contributed by atoms with Crippen molar-refractivity contribution in [3.8, 4) is 5.75 Å². The van der Waals surface area contributed by atoms with Gasteiger partial charge < -0.3 is 14.6 Å². The third kappa shape index (κ3) is 5.45. The first-order valence-corrected chi connectivity index (χ1v) is 8.68. The zero-order valence-corrected chi connectivity index (χ0v) is 14.4. The van der Waals surface area contributed by atoms with Crippen molar-refractivity contribution < 1.29 is 27.8 Å². The normalized spacial score (nSPS) is 11.5. The first-order valence-electron chi connectivity index (χ1n) is 7.80. The number of aromatic nitrogens is 1. The Bertz CT molecular complexity index is 728. The highest BCUT2D eigenvalue weighted by Crippen LogP contribution is 2.34.